The van der Waals surface area contributed by atoms with Crippen LogP contribution in [0.1, 0.15) is 34.6 Å². The van der Waals surface area contributed by atoms with E-state index in [1.165, 1.54) is 30.7 Å². The van der Waals surface area contributed by atoms with Gasteiger partial charge in [0, 0.05) is 0 Å². The highest BCUT2D eigenvalue weighted by atomic mass is 32.2. The second-order valence-electron chi connectivity index (χ2n) is 5.00. The Hall–Kier alpha value is -1.07. The van der Waals surface area contributed by atoms with Crippen molar-refractivity contribution in [3.05, 3.63) is 0 Å². The van der Waals surface area contributed by atoms with Gasteiger partial charge in [-0.15, -0.1) is 0 Å². The summed E-state index contributed by atoms with van der Waals surface area (Å²) in [6.45, 7) is 16.4. The number of nitrogens with zero attached hydrogens (tertiary/aromatic N) is 1. The van der Waals surface area contributed by atoms with Crippen molar-refractivity contribution in [2.45, 2.75) is 46.2 Å². The molecule has 0 aliphatic carbocycles. The highest BCUT2D eigenvalue weighted by molar-refractivity contribution is 7.86. The van der Waals surface area contributed by atoms with Crippen molar-refractivity contribution in [2.75, 3.05) is 32.8 Å². The third-order valence-corrected chi connectivity index (χ3v) is 4.27. The third-order valence-electron chi connectivity index (χ3n) is 3.70. The molecule has 0 bridgehead atoms. The lowest BCUT2D eigenvalue weighted by Gasteiger charge is -2.34. The zero-order chi connectivity index (χ0) is 19.6. The molecule has 1 atom stereocenters. The standard InChI is InChI=1S/C8H20N.C4H6O3.CHF3O3S/c1-5-9(6-2,7-3)8-4;1-3-2-6-4(5)7-3;2-1(3,4)8(5,6)7/h5-8H2,1-4H3;3H,2H2,1H3;(H,5,6,7)/q+1;;/p-1. The summed E-state index contributed by atoms with van der Waals surface area (Å²) in [6.07, 6.45) is -0.597. The van der Waals surface area contributed by atoms with E-state index in [1.807, 2.05) is 0 Å². The van der Waals surface area contributed by atoms with Crippen LogP contribution in [-0.4, -0.2) is 68.0 Å². The number of hydrogen-bond donors (Lipinski definition) is 0. The van der Waals surface area contributed by atoms with Gasteiger partial charge in [0.15, 0.2) is 10.1 Å². The van der Waals surface area contributed by atoms with Gasteiger partial charge >= 0.3 is 11.7 Å². The Balaban J connectivity index is 0. The molecule has 1 saturated heterocycles. The average molecular weight is 381 g/mol. The molecule has 0 radical (unpaired) electrons. The first-order valence-electron chi connectivity index (χ1n) is 7.49. The van der Waals surface area contributed by atoms with Gasteiger partial charge in [0.2, 0.25) is 0 Å². The molecule has 0 N–H and O–H groups in total. The molecular formula is C13H26F3NO6S. The molecule has 0 amide bonds. The van der Waals surface area contributed by atoms with Gasteiger partial charge in [0.25, 0.3) is 0 Å². The highest BCUT2D eigenvalue weighted by Crippen LogP contribution is 2.20. The maximum absolute atomic E-state index is 10.7. The summed E-state index contributed by atoms with van der Waals surface area (Å²) in [5.41, 5.74) is -5.65. The van der Waals surface area contributed by atoms with Crippen molar-refractivity contribution >= 4 is 16.3 Å². The molecule has 24 heavy (non-hydrogen) atoms. The normalized spacial score (nSPS) is 17.7. The molecule has 0 aromatic rings. The quantitative estimate of drug-likeness (QED) is 0.321. The average Bonchev–Trinajstić information content (AvgIpc) is 2.85. The first-order chi connectivity index (χ1) is 10.8. The monoisotopic (exact) mass is 381 g/mol. The van der Waals surface area contributed by atoms with Crippen LogP contribution in [0.25, 0.3) is 0 Å². The van der Waals surface area contributed by atoms with E-state index >= 15 is 0 Å². The number of cyclic esters (lactones) is 2. The van der Waals surface area contributed by atoms with Crippen LogP contribution >= 0.6 is 0 Å². The van der Waals surface area contributed by atoms with E-state index < -0.39 is 21.8 Å². The van der Waals surface area contributed by atoms with Crippen LogP contribution in [0, 0.1) is 0 Å². The van der Waals surface area contributed by atoms with Crippen LogP contribution in [0.4, 0.5) is 18.0 Å². The molecule has 0 saturated carbocycles. The van der Waals surface area contributed by atoms with Crippen molar-refractivity contribution in [1.29, 1.82) is 0 Å². The number of carbonyl (C=O) groups excluding carboxylic acids is 1. The molecule has 0 aromatic carbocycles. The maximum atomic E-state index is 10.7. The molecular weight excluding hydrogens is 355 g/mol. The summed E-state index contributed by atoms with van der Waals surface area (Å²) in [6, 6.07) is 0. The fraction of sp³-hybridized carbons (Fsp3) is 0.923. The minimum atomic E-state index is -6.09. The number of rotatable bonds is 4. The summed E-state index contributed by atoms with van der Waals surface area (Å²) in [5, 5.41) is 0. The third kappa shape index (κ3) is 9.93. The Morgan fingerprint density at radius 1 is 1.12 bits per heavy atom. The van der Waals surface area contributed by atoms with Crippen LogP contribution in [0.3, 0.4) is 0 Å². The SMILES string of the molecule is CC1COC(=O)O1.CC[N+](CC)(CC)CC.O=S(=O)([O-])C(F)(F)F. The van der Waals surface area contributed by atoms with Crippen LogP contribution in [-0.2, 0) is 19.6 Å². The van der Waals surface area contributed by atoms with E-state index in [0.29, 0.717) is 6.61 Å². The predicted octanol–water partition coefficient (Wildman–Crippen LogP) is 2.48. The first-order valence-corrected chi connectivity index (χ1v) is 8.90. The second-order valence-corrected chi connectivity index (χ2v) is 6.37. The minimum absolute atomic E-state index is 0.0486. The lowest BCUT2D eigenvalue weighted by atomic mass is 10.3. The van der Waals surface area contributed by atoms with Crippen LogP contribution in [0.5, 0.6) is 0 Å². The maximum Gasteiger partial charge on any atom is 0.508 e. The van der Waals surface area contributed by atoms with E-state index in [2.05, 4.69) is 37.2 Å². The zero-order valence-electron chi connectivity index (χ0n) is 14.6. The zero-order valence-corrected chi connectivity index (χ0v) is 15.4. The molecule has 146 valence electrons. The van der Waals surface area contributed by atoms with Crippen molar-refractivity contribution in [3.8, 4) is 0 Å². The lowest BCUT2D eigenvalue weighted by Crippen LogP contribution is -2.47. The fourth-order valence-corrected chi connectivity index (χ4v) is 1.76. The van der Waals surface area contributed by atoms with E-state index in [4.69, 9.17) is 13.0 Å². The Morgan fingerprint density at radius 3 is 1.50 bits per heavy atom. The lowest BCUT2D eigenvalue weighted by molar-refractivity contribution is -0.921. The summed E-state index contributed by atoms with van der Waals surface area (Å²) in [5.74, 6) is 0. The number of hydrogen-bond acceptors (Lipinski definition) is 6. The van der Waals surface area contributed by atoms with Gasteiger partial charge in [-0.3, -0.25) is 0 Å². The van der Waals surface area contributed by atoms with E-state index in [0.717, 1.165) is 0 Å². The van der Waals surface area contributed by atoms with Gasteiger partial charge in [0.05, 0.1) is 26.2 Å². The molecule has 11 heteroatoms. The number of quaternary nitrogens is 1. The van der Waals surface area contributed by atoms with Crippen LogP contribution < -0.4 is 0 Å². The summed E-state index contributed by atoms with van der Waals surface area (Å²) >= 11 is 0. The molecule has 7 nitrogen and oxygen atoms in total. The van der Waals surface area contributed by atoms with Crippen LogP contribution in [0.15, 0.2) is 0 Å². The first kappa shape index (κ1) is 25.2. The molecule has 1 aliphatic heterocycles. The number of ether oxygens (including phenoxy) is 2. The number of alkyl halides is 3. The second kappa shape index (κ2) is 10.7. The number of carbonyl (C=O) groups is 1. The molecule has 1 unspecified atom stereocenters. The number of halogens is 3. The van der Waals surface area contributed by atoms with Gasteiger partial charge in [-0.05, 0) is 34.6 Å². The molecule has 0 spiro atoms. The topological polar surface area (TPSA) is 92.7 Å². The molecule has 1 fully saturated rings. The Bertz CT molecular complexity index is 445. The van der Waals surface area contributed by atoms with Gasteiger partial charge in [-0.25, -0.2) is 13.2 Å². The Kier molecular flexibility index (Phi) is 11.2. The summed E-state index contributed by atoms with van der Waals surface area (Å²) < 4.78 is 69.1. The van der Waals surface area contributed by atoms with Gasteiger partial charge < -0.3 is 18.5 Å². The summed E-state index contributed by atoms with van der Waals surface area (Å²) in [7, 11) is -6.09. The van der Waals surface area contributed by atoms with Crippen LogP contribution in [0.2, 0.25) is 0 Å². The Labute approximate surface area is 141 Å². The molecule has 0 aromatic heterocycles. The van der Waals surface area contributed by atoms with Crippen molar-refractivity contribution < 1.29 is 44.9 Å². The van der Waals surface area contributed by atoms with Crippen molar-refractivity contribution in [3.63, 3.8) is 0 Å². The van der Waals surface area contributed by atoms with Crippen molar-refractivity contribution in [2.24, 2.45) is 0 Å². The molecule has 1 heterocycles. The van der Waals surface area contributed by atoms with Gasteiger partial charge in [-0.2, -0.15) is 13.2 Å². The van der Waals surface area contributed by atoms with E-state index in [1.54, 1.807) is 6.92 Å². The molecule has 1 rings (SSSR count). The Morgan fingerprint density at radius 2 is 1.46 bits per heavy atom. The predicted molar refractivity (Wildman–Crippen MR) is 80.1 cm³/mol. The van der Waals surface area contributed by atoms with Crippen molar-refractivity contribution in [1.82, 2.24) is 0 Å². The smallest absolute Gasteiger partial charge is 0.508 e. The van der Waals surface area contributed by atoms with Gasteiger partial charge in [0.1, 0.15) is 12.7 Å². The minimum Gasteiger partial charge on any atom is -0.741 e. The molecule has 1 aliphatic rings. The fourth-order valence-electron chi connectivity index (χ4n) is 1.76. The largest absolute Gasteiger partial charge is 0.741 e. The van der Waals surface area contributed by atoms with Gasteiger partial charge in [-0.1, -0.05) is 0 Å². The van der Waals surface area contributed by atoms with E-state index in [9.17, 15) is 18.0 Å². The highest BCUT2D eigenvalue weighted by Gasteiger charge is 2.36. The summed E-state index contributed by atoms with van der Waals surface area (Å²) in [4.78, 5) is 10.0. The van der Waals surface area contributed by atoms with E-state index in [-0.39, 0.29) is 6.10 Å².